The van der Waals surface area contributed by atoms with Crippen molar-refractivity contribution in [2.75, 3.05) is 26.4 Å². The molecule has 4 nitrogen and oxygen atoms in total. The van der Waals surface area contributed by atoms with Crippen LogP contribution in [-0.2, 0) is 4.74 Å². The Labute approximate surface area is 120 Å². The summed E-state index contributed by atoms with van der Waals surface area (Å²) in [7, 11) is 0. The van der Waals surface area contributed by atoms with Crippen LogP contribution in [0.15, 0.2) is 18.2 Å². The molecule has 0 aromatic heterocycles. The Balaban J connectivity index is 1.75. The molecule has 2 aliphatic rings. The summed E-state index contributed by atoms with van der Waals surface area (Å²) in [6.45, 7) is 5.27. The molecule has 0 bridgehead atoms. The second kappa shape index (κ2) is 6.46. The molecule has 20 heavy (non-hydrogen) atoms. The quantitative estimate of drug-likeness (QED) is 0.898. The summed E-state index contributed by atoms with van der Waals surface area (Å²) in [5, 5.41) is 3.56. The van der Waals surface area contributed by atoms with Gasteiger partial charge < -0.3 is 19.5 Å². The lowest BCUT2D eigenvalue weighted by atomic mass is 9.98. The average Bonchev–Trinajstić information content (AvgIpc) is 2.99. The van der Waals surface area contributed by atoms with E-state index >= 15 is 0 Å². The van der Waals surface area contributed by atoms with Crippen LogP contribution in [-0.4, -0.2) is 32.5 Å². The minimum Gasteiger partial charge on any atom is -0.486 e. The van der Waals surface area contributed by atoms with E-state index < -0.39 is 0 Å². The molecule has 0 amide bonds. The fraction of sp³-hybridized carbons (Fsp3) is 0.625. The van der Waals surface area contributed by atoms with Crippen LogP contribution in [0.4, 0.5) is 0 Å². The summed E-state index contributed by atoms with van der Waals surface area (Å²) in [6.07, 6.45) is 3.76. The van der Waals surface area contributed by atoms with Gasteiger partial charge in [0.25, 0.3) is 0 Å². The standard InChI is InChI=1S/C16H23NO3/c1-2-17-14(11-13-4-3-7-18-13)12-5-6-15-16(10-12)20-9-8-19-15/h5-6,10,13-14,17H,2-4,7-9,11H2,1H3. The zero-order chi connectivity index (χ0) is 13.8. The summed E-state index contributed by atoms with van der Waals surface area (Å²) < 4.78 is 17.0. The normalized spacial score (nSPS) is 22.8. The third kappa shape index (κ3) is 3.07. The molecule has 1 N–H and O–H groups in total. The van der Waals surface area contributed by atoms with Crippen molar-refractivity contribution in [2.45, 2.75) is 38.3 Å². The molecule has 0 aliphatic carbocycles. The van der Waals surface area contributed by atoms with Crippen LogP contribution in [0.3, 0.4) is 0 Å². The third-order valence-electron chi connectivity index (χ3n) is 3.94. The summed E-state index contributed by atoms with van der Waals surface area (Å²) >= 11 is 0. The van der Waals surface area contributed by atoms with E-state index in [-0.39, 0.29) is 0 Å². The van der Waals surface area contributed by atoms with Gasteiger partial charge in [-0.3, -0.25) is 0 Å². The maximum Gasteiger partial charge on any atom is 0.161 e. The highest BCUT2D eigenvalue weighted by molar-refractivity contribution is 5.44. The second-order valence-electron chi connectivity index (χ2n) is 5.38. The van der Waals surface area contributed by atoms with Crippen LogP contribution in [0.2, 0.25) is 0 Å². The van der Waals surface area contributed by atoms with E-state index in [4.69, 9.17) is 14.2 Å². The molecule has 1 saturated heterocycles. The van der Waals surface area contributed by atoms with Gasteiger partial charge in [0.1, 0.15) is 13.2 Å². The molecule has 0 spiro atoms. The van der Waals surface area contributed by atoms with E-state index in [1.54, 1.807) is 0 Å². The van der Waals surface area contributed by atoms with E-state index in [0.29, 0.717) is 25.4 Å². The predicted octanol–water partition coefficient (Wildman–Crippen LogP) is 2.68. The Kier molecular flexibility index (Phi) is 4.43. The number of fused-ring (bicyclic) bond motifs is 1. The molecule has 110 valence electrons. The highest BCUT2D eigenvalue weighted by Crippen LogP contribution is 2.34. The summed E-state index contributed by atoms with van der Waals surface area (Å²) in [5.41, 5.74) is 1.26. The molecule has 1 aromatic rings. The molecule has 2 heterocycles. The van der Waals surface area contributed by atoms with Crippen molar-refractivity contribution in [3.05, 3.63) is 23.8 Å². The van der Waals surface area contributed by atoms with Crippen molar-refractivity contribution < 1.29 is 14.2 Å². The van der Waals surface area contributed by atoms with Crippen molar-refractivity contribution in [1.82, 2.24) is 5.32 Å². The van der Waals surface area contributed by atoms with E-state index in [0.717, 1.165) is 31.1 Å². The van der Waals surface area contributed by atoms with E-state index in [1.165, 1.54) is 18.4 Å². The van der Waals surface area contributed by atoms with E-state index in [9.17, 15) is 0 Å². The van der Waals surface area contributed by atoms with Gasteiger partial charge in [-0.25, -0.2) is 0 Å². The Morgan fingerprint density at radius 1 is 1.20 bits per heavy atom. The molecule has 2 unspecified atom stereocenters. The number of ether oxygens (including phenoxy) is 3. The number of hydrogen-bond donors (Lipinski definition) is 1. The Morgan fingerprint density at radius 2 is 2.05 bits per heavy atom. The third-order valence-corrected chi connectivity index (χ3v) is 3.94. The first kappa shape index (κ1) is 13.7. The summed E-state index contributed by atoms with van der Waals surface area (Å²) in [6, 6.07) is 6.58. The van der Waals surface area contributed by atoms with Gasteiger partial charge in [-0.1, -0.05) is 13.0 Å². The van der Waals surface area contributed by atoms with Gasteiger partial charge in [0.2, 0.25) is 0 Å². The number of nitrogens with one attached hydrogen (secondary N) is 1. The molecule has 1 aromatic carbocycles. The Hall–Kier alpha value is -1.26. The number of hydrogen-bond acceptors (Lipinski definition) is 4. The molecule has 2 aliphatic heterocycles. The van der Waals surface area contributed by atoms with Gasteiger partial charge in [-0.2, -0.15) is 0 Å². The minimum atomic E-state index is 0.318. The Morgan fingerprint density at radius 3 is 2.80 bits per heavy atom. The van der Waals surface area contributed by atoms with Gasteiger partial charge in [-0.05, 0) is 43.5 Å². The molecule has 2 atom stereocenters. The van der Waals surface area contributed by atoms with Crippen LogP contribution in [0, 0.1) is 0 Å². The predicted molar refractivity (Wildman–Crippen MR) is 77.4 cm³/mol. The first-order chi connectivity index (χ1) is 9.86. The lowest BCUT2D eigenvalue weighted by Crippen LogP contribution is -2.25. The molecular formula is C16H23NO3. The average molecular weight is 277 g/mol. The maximum atomic E-state index is 5.77. The SMILES string of the molecule is CCNC(CC1CCCO1)c1ccc2c(c1)OCCO2. The molecule has 1 fully saturated rings. The van der Waals surface area contributed by atoms with Crippen molar-refractivity contribution in [2.24, 2.45) is 0 Å². The largest absolute Gasteiger partial charge is 0.486 e. The fourth-order valence-electron chi connectivity index (χ4n) is 2.95. The monoisotopic (exact) mass is 277 g/mol. The minimum absolute atomic E-state index is 0.318. The first-order valence-electron chi connectivity index (χ1n) is 7.61. The van der Waals surface area contributed by atoms with Gasteiger partial charge in [0, 0.05) is 12.6 Å². The highest BCUT2D eigenvalue weighted by atomic mass is 16.6. The van der Waals surface area contributed by atoms with Crippen molar-refractivity contribution >= 4 is 0 Å². The second-order valence-corrected chi connectivity index (χ2v) is 5.38. The van der Waals surface area contributed by atoms with Gasteiger partial charge in [-0.15, -0.1) is 0 Å². The van der Waals surface area contributed by atoms with Crippen molar-refractivity contribution in [3.63, 3.8) is 0 Å². The molecular weight excluding hydrogens is 254 g/mol. The molecule has 0 saturated carbocycles. The smallest absolute Gasteiger partial charge is 0.161 e. The van der Waals surface area contributed by atoms with Crippen LogP contribution in [0.25, 0.3) is 0 Å². The van der Waals surface area contributed by atoms with Crippen LogP contribution in [0.1, 0.15) is 37.8 Å². The van der Waals surface area contributed by atoms with E-state index in [1.807, 2.05) is 6.07 Å². The molecule has 4 heteroatoms. The Bertz CT molecular complexity index is 443. The first-order valence-corrected chi connectivity index (χ1v) is 7.61. The van der Waals surface area contributed by atoms with Gasteiger partial charge in [0.05, 0.1) is 6.10 Å². The zero-order valence-electron chi connectivity index (χ0n) is 12.1. The van der Waals surface area contributed by atoms with Crippen molar-refractivity contribution in [3.8, 4) is 11.5 Å². The van der Waals surface area contributed by atoms with Crippen molar-refractivity contribution in [1.29, 1.82) is 0 Å². The lowest BCUT2D eigenvalue weighted by Gasteiger charge is -2.24. The summed E-state index contributed by atoms with van der Waals surface area (Å²) in [4.78, 5) is 0. The van der Waals surface area contributed by atoms with Gasteiger partial charge in [0.15, 0.2) is 11.5 Å². The number of rotatable bonds is 5. The lowest BCUT2D eigenvalue weighted by molar-refractivity contribution is 0.0946. The summed E-state index contributed by atoms with van der Waals surface area (Å²) in [5.74, 6) is 1.72. The van der Waals surface area contributed by atoms with Crippen LogP contribution < -0.4 is 14.8 Å². The van der Waals surface area contributed by atoms with Crippen LogP contribution >= 0.6 is 0 Å². The number of benzene rings is 1. The molecule has 0 radical (unpaired) electrons. The topological polar surface area (TPSA) is 39.7 Å². The van der Waals surface area contributed by atoms with E-state index in [2.05, 4.69) is 24.4 Å². The van der Waals surface area contributed by atoms with Crippen LogP contribution in [0.5, 0.6) is 11.5 Å². The zero-order valence-corrected chi connectivity index (χ0v) is 12.1. The maximum absolute atomic E-state index is 5.77. The molecule has 3 rings (SSSR count). The highest BCUT2D eigenvalue weighted by Gasteiger charge is 2.23. The van der Waals surface area contributed by atoms with Gasteiger partial charge >= 0.3 is 0 Å². The fourth-order valence-corrected chi connectivity index (χ4v) is 2.95.